The van der Waals surface area contributed by atoms with Crippen LogP contribution in [0.25, 0.3) is 0 Å². The number of aliphatic imine (C=N–C) groups is 1. The highest BCUT2D eigenvalue weighted by Gasteiger charge is 2.34. The Hall–Kier alpha value is -0.630. The highest BCUT2D eigenvalue weighted by atomic mass is 79.9. The minimum Gasteiger partial charge on any atom is -0.396 e. The number of thiophene rings is 1. The normalized spacial score (nSPS) is 22.5. The minimum atomic E-state index is 0.0261. The third kappa shape index (κ3) is 4.95. The molecule has 1 aromatic heterocycles. The van der Waals surface area contributed by atoms with Crippen molar-refractivity contribution in [3.05, 3.63) is 20.8 Å². The van der Waals surface area contributed by atoms with Crippen molar-refractivity contribution in [2.75, 3.05) is 33.4 Å². The maximum absolute atomic E-state index is 9.24. The van der Waals surface area contributed by atoms with Crippen molar-refractivity contribution in [1.82, 2.24) is 10.6 Å². The molecule has 7 heteroatoms. The number of halogens is 1. The van der Waals surface area contributed by atoms with Gasteiger partial charge >= 0.3 is 0 Å². The molecule has 2 rings (SSSR count). The van der Waals surface area contributed by atoms with Crippen LogP contribution in [0.4, 0.5) is 0 Å². The molecule has 0 aromatic carbocycles. The predicted molar refractivity (Wildman–Crippen MR) is 89.8 cm³/mol. The fraction of sp³-hybridized carbons (Fsp3) is 0.643. The van der Waals surface area contributed by atoms with Gasteiger partial charge < -0.3 is 20.5 Å². The quantitative estimate of drug-likeness (QED) is 0.525. The van der Waals surface area contributed by atoms with Gasteiger partial charge in [0.25, 0.3) is 0 Å². The smallest absolute Gasteiger partial charge is 0.191 e. The van der Waals surface area contributed by atoms with E-state index in [-0.39, 0.29) is 12.0 Å². The van der Waals surface area contributed by atoms with Gasteiger partial charge in [0.15, 0.2) is 5.96 Å². The van der Waals surface area contributed by atoms with Crippen molar-refractivity contribution in [3.63, 3.8) is 0 Å². The molecular weight excluding hydrogens is 354 g/mol. The highest BCUT2D eigenvalue weighted by Crippen LogP contribution is 2.31. The molecule has 21 heavy (non-hydrogen) atoms. The number of aliphatic hydroxyl groups excluding tert-OH is 1. The number of hydrogen-bond donors (Lipinski definition) is 3. The standard InChI is InChI=1S/C14H22BrN3O2S/c1-16-13(17-7-12-6-11(15)8-21-12)18-9-14(2-4-19)3-5-20-10-14/h6,8,19H,2-5,7,9-10H2,1H3,(H2,16,17,18). The summed E-state index contributed by atoms with van der Waals surface area (Å²) in [5.41, 5.74) is 0.0261. The molecule has 0 amide bonds. The van der Waals surface area contributed by atoms with Crippen LogP contribution >= 0.6 is 27.3 Å². The second-order valence-electron chi connectivity index (χ2n) is 5.29. The van der Waals surface area contributed by atoms with E-state index < -0.39 is 0 Å². The summed E-state index contributed by atoms with van der Waals surface area (Å²) in [7, 11) is 1.77. The molecule has 2 heterocycles. The average Bonchev–Trinajstić information content (AvgIpc) is 3.09. The minimum absolute atomic E-state index is 0.0261. The molecule has 3 N–H and O–H groups in total. The van der Waals surface area contributed by atoms with E-state index in [0.717, 1.165) is 43.0 Å². The number of aliphatic hydroxyl groups is 1. The van der Waals surface area contributed by atoms with E-state index in [1.54, 1.807) is 18.4 Å². The number of hydrogen-bond acceptors (Lipinski definition) is 4. The third-order valence-corrected chi connectivity index (χ3v) is 5.43. The van der Waals surface area contributed by atoms with E-state index in [2.05, 4.69) is 43.0 Å². The number of nitrogens with zero attached hydrogens (tertiary/aromatic N) is 1. The van der Waals surface area contributed by atoms with Crippen molar-refractivity contribution in [2.45, 2.75) is 19.4 Å². The second kappa shape index (κ2) is 8.12. The number of nitrogens with one attached hydrogen (secondary N) is 2. The Morgan fingerprint density at radius 3 is 3.00 bits per heavy atom. The summed E-state index contributed by atoms with van der Waals surface area (Å²) in [6.45, 7) is 3.19. The van der Waals surface area contributed by atoms with E-state index >= 15 is 0 Å². The predicted octanol–water partition coefficient (Wildman–Crippen LogP) is 1.96. The molecule has 1 unspecified atom stereocenters. The van der Waals surface area contributed by atoms with Crippen LogP contribution in [0.1, 0.15) is 17.7 Å². The van der Waals surface area contributed by atoms with E-state index in [1.807, 2.05) is 0 Å². The molecule has 0 bridgehead atoms. The summed E-state index contributed by atoms with van der Waals surface area (Å²) in [6, 6.07) is 2.10. The van der Waals surface area contributed by atoms with Gasteiger partial charge in [-0.25, -0.2) is 0 Å². The molecule has 0 radical (unpaired) electrons. The average molecular weight is 376 g/mol. The molecule has 0 saturated carbocycles. The van der Waals surface area contributed by atoms with Gasteiger partial charge in [-0.3, -0.25) is 4.99 Å². The molecule has 1 atom stereocenters. The lowest BCUT2D eigenvalue weighted by Crippen LogP contribution is -2.44. The first kappa shape index (κ1) is 16.7. The van der Waals surface area contributed by atoms with Crippen LogP contribution in [-0.2, 0) is 11.3 Å². The lowest BCUT2D eigenvalue weighted by atomic mass is 9.84. The maximum atomic E-state index is 9.24. The Morgan fingerprint density at radius 2 is 2.43 bits per heavy atom. The highest BCUT2D eigenvalue weighted by molar-refractivity contribution is 9.10. The van der Waals surface area contributed by atoms with E-state index in [1.165, 1.54) is 4.88 Å². The van der Waals surface area contributed by atoms with Gasteiger partial charge in [-0.05, 0) is 34.8 Å². The molecule has 1 aliphatic heterocycles. The molecule has 1 aromatic rings. The first-order valence-electron chi connectivity index (χ1n) is 7.03. The Bertz CT molecular complexity index is 473. The molecule has 118 valence electrons. The van der Waals surface area contributed by atoms with E-state index in [9.17, 15) is 5.11 Å². The Morgan fingerprint density at radius 1 is 1.57 bits per heavy atom. The van der Waals surface area contributed by atoms with Gasteiger partial charge in [0, 0.05) is 47.0 Å². The van der Waals surface area contributed by atoms with Crippen LogP contribution < -0.4 is 10.6 Å². The zero-order chi connectivity index (χ0) is 15.1. The van der Waals surface area contributed by atoms with Crippen LogP contribution in [0.15, 0.2) is 20.9 Å². The van der Waals surface area contributed by atoms with E-state index in [4.69, 9.17) is 4.74 Å². The van der Waals surface area contributed by atoms with Crippen LogP contribution in [0.2, 0.25) is 0 Å². The van der Waals surface area contributed by atoms with Gasteiger partial charge in [-0.2, -0.15) is 0 Å². The SMILES string of the molecule is CN=C(NCc1cc(Br)cs1)NCC1(CCO)CCOC1. The van der Waals surface area contributed by atoms with Crippen molar-refractivity contribution >= 4 is 33.2 Å². The Labute approximate surface area is 137 Å². The zero-order valence-electron chi connectivity index (χ0n) is 12.2. The number of rotatable bonds is 6. The van der Waals surface area contributed by atoms with Gasteiger partial charge in [0.05, 0.1) is 13.2 Å². The van der Waals surface area contributed by atoms with Crippen molar-refractivity contribution < 1.29 is 9.84 Å². The molecular formula is C14H22BrN3O2S. The molecule has 0 spiro atoms. The van der Waals surface area contributed by atoms with Crippen molar-refractivity contribution in [2.24, 2.45) is 10.4 Å². The fourth-order valence-electron chi connectivity index (χ4n) is 2.42. The monoisotopic (exact) mass is 375 g/mol. The first-order chi connectivity index (χ1) is 10.2. The molecule has 1 saturated heterocycles. The van der Waals surface area contributed by atoms with Gasteiger partial charge in [-0.1, -0.05) is 0 Å². The van der Waals surface area contributed by atoms with E-state index in [0.29, 0.717) is 6.61 Å². The summed E-state index contributed by atoms with van der Waals surface area (Å²) < 4.78 is 6.60. The Kier molecular flexibility index (Phi) is 6.47. The summed E-state index contributed by atoms with van der Waals surface area (Å²) in [5.74, 6) is 0.781. The lowest BCUT2D eigenvalue weighted by molar-refractivity contribution is 0.127. The molecule has 0 aliphatic carbocycles. The van der Waals surface area contributed by atoms with Crippen molar-refractivity contribution in [1.29, 1.82) is 0 Å². The molecule has 1 fully saturated rings. The lowest BCUT2D eigenvalue weighted by Gasteiger charge is -2.27. The van der Waals surface area contributed by atoms with Crippen LogP contribution in [-0.4, -0.2) is 44.5 Å². The van der Waals surface area contributed by atoms with Crippen LogP contribution in [0, 0.1) is 5.41 Å². The largest absolute Gasteiger partial charge is 0.396 e. The fourth-order valence-corrected chi connectivity index (χ4v) is 3.81. The summed E-state index contributed by atoms with van der Waals surface area (Å²) in [5, 5.41) is 18.0. The number of ether oxygens (including phenoxy) is 1. The van der Waals surface area contributed by atoms with Crippen molar-refractivity contribution in [3.8, 4) is 0 Å². The topological polar surface area (TPSA) is 65.9 Å². The first-order valence-corrected chi connectivity index (χ1v) is 8.71. The summed E-state index contributed by atoms with van der Waals surface area (Å²) in [6.07, 6.45) is 1.74. The second-order valence-corrected chi connectivity index (χ2v) is 7.20. The maximum Gasteiger partial charge on any atom is 0.191 e. The third-order valence-electron chi connectivity index (χ3n) is 3.73. The summed E-state index contributed by atoms with van der Waals surface area (Å²) >= 11 is 5.16. The summed E-state index contributed by atoms with van der Waals surface area (Å²) in [4.78, 5) is 5.50. The van der Waals surface area contributed by atoms with Crippen LogP contribution in [0.3, 0.4) is 0 Å². The zero-order valence-corrected chi connectivity index (χ0v) is 14.6. The number of guanidine groups is 1. The molecule has 5 nitrogen and oxygen atoms in total. The molecule has 1 aliphatic rings. The van der Waals surface area contributed by atoms with Gasteiger partial charge in [0.1, 0.15) is 0 Å². The Balaban J connectivity index is 1.81. The van der Waals surface area contributed by atoms with Gasteiger partial charge in [0.2, 0.25) is 0 Å². The van der Waals surface area contributed by atoms with Gasteiger partial charge in [-0.15, -0.1) is 11.3 Å². The van der Waals surface area contributed by atoms with Crippen LogP contribution in [0.5, 0.6) is 0 Å².